The molecule has 0 unspecified atom stereocenters. The molecule has 0 aromatic heterocycles. The second-order valence-electron chi connectivity index (χ2n) is 7.39. The second-order valence-corrected chi connectivity index (χ2v) is 7.39. The number of aliphatic hydroxyl groups excluding tert-OH is 1. The number of methoxy groups -OCH3 is 1. The zero-order valence-electron chi connectivity index (χ0n) is 15.4. The van der Waals surface area contributed by atoms with Gasteiger partial charge in [-0.15, -0.1) is 0 Å². The van der Waals surface area contributed by atoms with E-state index in [0.29, 0.717) is 0 Å². The van der Waals surface area contributed by atoms with Gasteiger partial charge in [-0.25, -0.2) is 0 Å². The van der Waals surface area contributed by atoms with Crippen LogP contribution in [0.5, 0.6) is 5.75 Å². The third-order valence-corrected chi connectivity index (χ3v) is 5.49. The Morgan fingerprint density at radius 1 is 1.08 bits per heavy atom. The predicted molar refractivity (Wildman–Crippen MR) is 102 cm³/mol. The minimum absolute atomic E-state index is 0.0492. The average Bonchev–Trinajstić information content (AvgIpc) is 2.64. The summed E-state index contributed by atoms with van der Waals surface area (Å²) in [6, 6.07) is 16.8. The standard InChI is InChI=1S/C22H29NO2/c1-18-8-3-4-9-19(18)14-22(17-24)12-7-13-23(16-22)15-20-10-5-6-11-21(20)25-2/h3-6,8-11,24H,7,12-17H2,1-2H3/t22-/m0/s1. The highest BCUT2D eigenvalue weighted by atomic mass is 16.5. The molecule has 3 nitrogen and oxygen atoms in total. The Bertz CT molecular complexity index is 700. The van der Waals surface area contributed by atoms with Crippen LogP contribution in [0.2, 0.25) is 0 Å². The summed E-state index contributed by atoms with van der Waals surface area (Å²) in [6.07, 6.45) is 3.15. The summed E-state index contributed by atoms with van der Waals surface area (Å²) in [5, 5.41) is 10.2. The quantitative estimate of drug-likeness (QED) is 0.868. The van der Waals surface area contributed by atoms with Crippen LogP contribution in [0.3, 0.4) is 0 Å². The van der Waals surface area contributed by atoms with E-state index < -0.39 is 0 Å². The lowest BCUT2D eigenvalue weighted by Gasteiger charge is -2.42. The van der Waals surface area contributed by atoms with E-state index in [1.165, 1.54) is 16.7 Å². The number of nitrogens with zero attached hydrogens (tertiary/aromatic N) is 1. The van der Waals surface area contributed by atoms with E-state index in [9.17, 15) is 5.11 Å². The van der Waals surface area contributed by atoms with Gasteiger partial charge in [0.05, 0.1) is 13.7 Å². The van der Waals surface area contributed by atoms with Crippen molar-refractivity contribution >= 4 is 0 Å². The number of aliphatic hydroxyl groups is 1. The number of benzene rings is 2. The van der Waals surface area contributed by atoms with Gasteiger partial charge in [-0.05, 0) is 49.9 Å². The number of hydrogen-bond donors (Lipinski definition) is 1. The fraction of sp³-hybridized carbons (Fsp3) is 0.455. The van der Waals surface area contributed by atoms with Crippen LogP contribution < -0.4 is 4.74 Å². The highest BCUT2D eigenvalue weighted by Gasteiger charge is 2.35. The highest BCUT2D eigenvalue weighted by molar-refractivity contribution is 5.33. The number of aryl methyl sites for hydroxylation is 1. The zero-order chi connectivity index (χ0) is 17.7. The molecule has 1 aliphatic heterocycles. The summed E-state index contributed by atoms with van der Waals surface area (Å²) in [7, 11) is 1.73. The van der Waals surface area contributed by atoms with Crippen molar-refractivity contribution in [2.24, 2.45) is 5.41 Å². The van der Waals surface area contributed by atoms with Gasteiger partial charge in [-0.3, -0.25) is 4.90 Å². The molecule has 0 aliphatic carbocycles. The summed E-state index contributed by atoms with van der Waals surface area (Å²) in [5.74, 6) is 0.946. The van der Waals surface area contributed by atoms with Crippen molar-refractivity contribution in [3.8, 4) is 5.75 Å². The summed E-state index contributed by atoms with van der Waals surface area (Å²) in [5.41, 5.74) is 3.84. The average molecular weight is 339 g/mol. The van der Waals surface area contributed by atoms with Crippen LogP contribution in [0.4, 0.5) is 0 Å². The number of ether oxygens (including phenoxy) is 1. The van der Waals surface area contributed by atoms with E-state index in [-0.39, 0.29) is 12.0 Å². The molecule has 0 amide bonds. The van der Waals surface area contributed by atoms with Crippen molar-refractivity contribution in [2.75, 3.05) is 26.8 Å². The Hall–Kier alpha value is -1.84. The van der Waals surface area contributed by atoms with Gasteiger partial charge in [0.1, 0.15) is 5.75 Å². The summed E-state index contributed by atoms with van der Waals surface area (Å²) >= 11 is 0. The van der Waals surface area contributed by atoms with Crippen LogP contribution >= 0.6 is 0 Å². The van der Waals surface area contributed by atoms with Crippen molar-refractivity contribution in [3.63, 3.8) is 0 Å². The van der Waals surface area contributed by atoms with Crippen LogP contribution in [0.15, 0.2) is 48.5 Å². The first-order valence-electron chi connectivity index (χ1n) is 9.15. The smallest absolute Gasteiger partial charge is 0.123 e. The van der Waals surface area contributed by atoms with E-state index in [0.717, 1.165) is 44.6 Å². The van der Waals surface area contributed by atoms with Crippen LogP contribution in [-0.4, -0.2) is 36.8 Å². The maximum atomic E-state index is 10.2. The number of para-hydroxylation sites is 1. The van der Waals surface area contributed by atoms with Crippen LogP contribution in [0.1, 0.15) is 29.5 Å². The first-order valence-corrected chi connectivity index (χ1v) is 9.15. The molecule has 0 spiro atoms. The molecule has 25 heavy (non-hydrogen) atoms. The van der Waals surface area contributed by atoms with Gasteiger partial charge in [0, 0.05) is 24.1 Å². The number of rotatable bonds is 6. The third-order valence-electron chi connectivity index (χ3n) is 5.49. The van der Waals surface area contributed by atoms with Crippen LogP contribution in [0.25, 0.3) is 0 Å². The first-order chi connectivity index (χ1) is 12.2. The molecule has 1 aliphatic rings. The molecule has 0 saturated carbocycles. The first kappa shape index (κ1) is 18.0. The molecule has 134 valence electrons. The van der Waals surface area contributed by atoms with Gasteiger partial charge in [0.25, 0.3) is 0 Å². The summed E-state index contributed by atoms with van der Waals surface area (Å²) in [6.45, 7) is 5.28. The molecule has 1 heterocycles. The topological polar surface area (TPSA) is 32.7 Å². The lowest BCUT2D eigenvalue weighted by Crippen LogP contribution is -2.46. The molecule has 2 aromatic rings. The molecular weight excluding hydrogens is 310 g/mol. The lowest BCUT2D eigenvalue weighted by molar-refractivity contribution is 0.0285. The van der Waals surface area contributed by atoms with E-state index in [4.69, 9.17) is 4.74 Å². The van der Waals surface area contributed by atoms with Crippen molar-refractivity contribution < 1.29 is 9.84 Å². The minimum atomic E-state index is -0.0492. The van der Waals surface area contributed by atoms with E-state index in [1.807, 2.05) is 12.1 Å². The molecule has 1 N–H and O–H groups in total. The maximum Gasteiger partial charge on any atom is 0.123 e. The highest BCUT2D eigenvalue weighted by Crippen LogP contribution is 2.35. The molecule has 1 atom stereocenters. The molecule has 3 rings (SSSR count). The van der Waals surface area contributed by atoms with Gasteiger partial charge < -0.3 is 9.84 Å². The number of hydrogen-bond acceptors (Lipinski definition) is 3. The fourth-order valence-electron chi connectivity index (χ4n) is 4.06. The molecule has 0 bridgehead atoms. The van der Waals surface area contributed by atoms with Crippen molar-refractivity contribution in [1.82, 2.24) is 4.90 Å². The minimum Gasteiger partial charge on any atom is -0.496 e. The van der Waals surface area contributed by atoms with E-state index in [1.54, 1.807) is 7.11 Å². The van der Waals surface area contributed by atoms with Gasteiger partial charge in [-0.1, -0.05) is 42.5 Å². The van der Waals surface area contributed by atoms with Crippen molar-refractivity contribution in [3.05, 3.63) is 65.2 Å². The molecule has 0 radical (unpaired) electrons. The molecule has 2 aromatic carbocycles. The maximum absolute atomic E-state index is 10.2. The lowest BCUT2D eigenvalue weighted by atomic mass is 9.75. The molecule has 3 heteroatoms. The molecule has 1 saturated heterocycles. The van der Waals surface area contributed by atoms with Crippen LogP contribution in [0, 0.1) is 12.3 Å². The Balaban J connectivity index is 1.75. The normalized spacial score (nSPS) is 21.2. The number of likely N-dealkylation sites (tertiary alicyclic amines) is 1. The largest absolute Gasteiger partial charge is 0.496 e. The Morgan fingerprint density at radius 2 is 1.80 bits per heavy atom. The zero-order valence-corrected chi connectivity index (χ0v) is 15.4. The third kappa shape index (κ3) is 4.23. The van der Waals surface area contributed by atoms with E-state index in [2.05, 4.69) is 48.2 Å². The predicted octanol–water partition coefficient (Wildman–Crippen LogP) is 3.82. The van der Waals surface area contributed by atoms with Gasteiger partial charge in [0.2, 0.25) is 0 Å². The fourth-order valence-corrected chi connectivity index (χ4v) is 4.06. The Labute approximate surface area is 151 Å². The summed E-state index contributed by atoms with van der Waals surface area (Å²) in [4.78, 5) is 2.47. The van der Waals surface area contributed by atoms with E-state index >= 15 is 0 Å². The molecule has 1 fully saturated rings. The monoisotopic (exact) mass is 339 g/mol. The van der Waals surface area contributed by atoms with Crippen molar-refractivity contribution in [2.45, 2.75) is 32.7 Å². The Morgan fingerprint density at radius 3 is 2.52 bits per heavy atom. The SMILES string of the molecule is COc1ccccc1CN1CCC[C@](CO)(Cc2ccccc2C)C1. The van der Waals surface area contributed by atoms with Crippen LogP contribution in [-0.2, 0) is 13.0 Å². The summed E-state index contributed by atoms with van der Waals surface area (Å²) < 4.78 is 5.50. The Kier molecular flexibility index (Phi) is 5.77. The van der Waals surface area contributed by atoms with Gasteiger partial charge >= 0.3 is 0 Å². The second kappa shape index (κ2) is 8.03. The van der Waals surface area contributed by atoms with Gasteiger partial charge in [-0.2, -0.15) is 0 Å². The van der Waals surface area contributed by atoms with Crippen molar-refractivity contribution in [1.29, 1.82) is 0 Å². The van der Waals surface area contributed by atoms with Gasteiger partial charge in [0.15, 0.2) is 0 Å². The number of piperidine rings is 1. The molecular formula is C22H29NO2.